The molecule has 2 N–H and O–H groups in total. The quantitative estimate of drug-likeness (QED) is 0.795. The van der Waals surface area contributed by atoms with E-state index in [0.29, 0.717) is 0 Å². The number of benzene rings is 1. The number of carbonyl (C=O) groups is 1. The summed E-state index contributed by atoms with van der Waals surface area (Å²) in [7, 11) is 0. The van der Waals surface area contributed by atoms with Crippen molar-refractivity contribution in [2.45, 2.75) is 51.0 Å². The van der Waals surface area contributed by atoms with Crippen molar-refractivity contribution >= 4 is 5.78 Å². The van der Waals surface area contributed by atoms with Gasteiger partial charge in [0.2, 0.25) is 0 Å². The van der Waals surface area contributed by atoms with Crippen LogP contribution in [0.15, 0.2) is 24.3 Å². The van der Waals surface area contributed by atoms with Gasteiger partial charge in [-0.05, 0) is 30.2 Å². The zero-order chi connectivity index (χ0) is 12.7. The lowest BCUT2D eigenvalue weighted by Gasteiger charge is -2.36. The Hall–Kier alpha value is -1.15. The van der Waals surface area contributed by atoms with Gasteiger partial charge in [0, 0.05) is 5.56 Å². The maximum Gasteiger partial charge on any atom is 0.182 e. The van der Waals surface area contributed by atoms with Crippen molar-refractivity contribution in [3.05, 3.63) is 35.4 Å². The molecule has 2 heteroatoms. The second-order valence-corrected chi connectivity index (χ2v) is 6.17. The molecule has 0 radical (unpaired) electrons. The summed E-state index contributed by atoms with van der Waals surface area (Å²) in [6, 6.07) is 7.90. The molecule has 0 unspecified atom stereocenters. The fourth-order valence-corrected chi connectivity index (χ4v) is 2.19. The van der Waals surface area contributed by atoms with Gasteiger partial charge >= 0.3 is 0 Å². The van der Waals surface area contributed by atoms with E-state index in [1.54, 1.807) is 0 Å². The van der Waals surface area contributed by atoms with E-state index in [2.05, 4.69) is 20.8 Å². The molecule has 92 valence electrons. The van der Waals surface area contributed by atoms with Gasteiger partial charge in [-0.25, -0.2) is 0 Å². The maximum atomic E-state index is 12.2. The van der Waals surface area contributed by atoms with E-state index in [9.17, 15) is 4.79 Å². The average molecular weight is 231 g/mol. The molecule has 0 spiro atoms. The predicted molar refractivity (Wildman–Crippen MR) is 70.2 cm³/mol. The number of ketones is 1. The van der Waals surface area contributed by atoms with Crippen molar-refractivity contribution in [1.82, 2.24) is 0 Å². The minimum Gasteiger partial charge on any atom is -0.319 e. The maximum absolute atomic E-state index is 12.2. The van der Waals surface area contributed by atoms with Crippen LogP contribution in [0.3, 0.4) is 0 Å². The molecule has 0 amide bonds. The van der Waals surface area contributed by atoms with Crippen molar-refractivity contribution < 1.29 is 4.79 Å². The molecule has 1 aromatic rings. The Bertz CT molecular complexity index is 421. The molecular weight excluding hydrogens is 210 g/mol. The summed E-state index contributed by atoms with van der Waals surface area (Å²) in [5.41, 5.74) is 7.59. The Kier molecular flexibility index (Phi) is 2.86. The van der Waals surface area contributed by atoms with Crippen molar-refractivity contribution in [3.63, 3.8) is 0 Å². The molecular formula is C15H21NO. The van der Waals surface area contributed by atoms with Crippen molar-refractivity contribution in [1.29, 1.82) is 0 Å². The molecule has 1 saturated carbocycles. The van der Waals surface area contributed by atoms with Crippen LogP contribution < -0.4 is 5.73 Å². The number of hydrogen-bond donors (Lipinski definition) is 1. The molecule has 0 bridgehead atoms. The SMILES string of the molecule is CC(C)(C)c1ccc(C(=O)C2(N)CCC2)cc1. The molecule has 0 atom stereocenters. The molecule has 2 nitrogen and oxygen atoms in total. The number of carbonyl (C=O) groups excluding carboxylic acids is 1. The molecule has 0 aromatic heterocycles. The van der Waals surface area contributed by atoms with Gasteiger partial charge in [-0.15, -0.1) is 0 Å². The van der Waals surface area contributed by atoms with Crippen LogP contribution in [0.4, 0.5) is 0 Å². The van der Waals surface area contributed by atoms with Crippen LogP contribution >= 0.6 is 0 Å². The number of Topliss-reactive ketones (excluding diaryl/α,β-unsaturated/α-hetero) is 1. The van der Waals surface area contributed by atoms with E-state index in [1.165, 1.54) is 5.56 Å². The highest BCUT2D eigenvalue weighted by molar-refractivity contribution is 6.03. The van der Waals surface area contributed by atoms with Gasteiger partial charge < -0.3 is 5.73 Å². The summed E-state index contributed by atoms with van der Waals surface area (Å²) in [5.74, 6) is 0.101. The van der Waals surface area contributed by atoms with E-state index in [0.717, 1.165) is 24.8 Å². The third-order valence-electron chi connectivity index (χ3n) is 3.71. The molecule has 17 heavy (non-hydrogen) atoms. The Morgan fingerprint density at radius 1 is 1.18 bits per heavy atom. The molecule has 1 aliphatic rings. The van der Waals surface area contributed by atoms with Gasteiger partial charge in [-0.1, -0.05) is 45.0 Å². The topological polar surface area (TPSA) is 43.1 Å². The Labute approximate surface area is 103 Å². The third-order valence-corrected chi connectivity index (χ3v) is 3.71. The van der Waals surface area contributed by atoms with Gasteiger partial charge in [0.1, 0.15) is 0 Å². The smallest absolute Gasteiger partial charge is 0.182 e. The molecule has 0 heterocycles. The fourth-order valence-electron chi connectivity index (χ4n) is 2.19. The predicted octanol–water partition coefficient (Wildman–Crippen LogP) is 3.05. The summed E-state index contributed by atoms with van der Waals surface area (Å²) in [6.07, 6.45) is 2.72. The van der Waals surface area contributed by atoms with E-state index in [1.807, 2.05) is 24.3 Å². The summed E-state index contributed by atoms with van der Waals surface area (Å²) < 4.78 is 0. The largest absolute Gasteiger partial charge is 0.319 e. The van der Waals surface area contributed by atoms with Gasteiger partial charge in [-0.3, -0.25) is 4.79 Å². The fraction of sp³-hybridized carbons (Fsp3) is 0.533. The Balaban J connectivity index is 2.21. The highest BCUT2D eigenvalue weighted by atomic mass is 16.1. The first-order chi connectivity index (χ1) is 7.83. The van der Waals surface area contributed by atoms with Crippen LogP contribution in [0.5, 0.6) is 0 Å². The highest BCUT2D eigenvalue weighted by Crippen LogP contribution is 2.32. The number of rotatable bonds is 2. The van der Waals surface area contributed by atoms with Gasteiger partial charge in [0.05, 0.1) is 5.54 Å². The molecule has 1 aliphatic carbocycles. The van der Waals surface area contributed by atoms with E-state index in [-0.39, 0.29) is 11.2 Å². The summed E-state index contributed by atoms with van der Waals surface area (Å²) in [6.45, 7) is 6.50. The normalized spacial score (nSPS) is 18.6. The lowest BCUT2D eigenvalue weighted by atomic mass is 9.72. The van der Waals surface area contributed by atoms with Crippen LogP contribution in [0, 0.1) is 0 Å². The van der Waals surface area contributed by atoms with Crippen LogP contribution in [-0.4, -0.2) is 11.3 Å². The summed E-state index contributed by atoms with van der Waals surface area (Å²) in [4.78, 5) is 12.2. The number of hydrogen-bond acceptors (Lipinski definition) is 2. The minimum atomic E-state index is -0.580. The van der Waals surface area contributed by atoms with Gasteiger partial charge in [0.15, 0.2) is 5.78 Å². The zero-order valence-corrected chi connectivity index (χ0v) is 10.9. The molecule has 2 rings (SSSR count). The Morgan fingerprint density at radius 2 is 1.71 bits per heavy atom. The van der Waals surface area contributed by atoms with E-state index < -0.39 is 5.54 Å². The van der Waals surface area contributed by atoms with Crippen LogP contribution in [-0.2, 0) is 5.41 Å². The van der Waals surface area contributed by atoms with Crippen LogP contribution in [0.1, 0.15) is 56.0 Å². The first-order valence-corrected chi connectivity index (χ1v) is 6.27. The Morgan fingerprint density at radius 3 is 2.06 bits per heavy atom. The van der Waals surface area contributed by atoms with E-state index in [4.69, 9.17) is 5.73 Å². The van der Waals surface area contributed by atoms with Gasteiger partial charge in [0.25, 0.3) is 0 Å². The summed E-state index contributed by atoms with van der Waals surface area (Å²) in [5, 5.41) is 0. The monoisotopic (exact) mass is 231 g/mol. The molecule has 0 saturated heterocycles. The highest BCUT2D eigenvalue weighted by Gasteiger charge is 2.40. The third kappa shape index (κ3) is 2.27. The van der Waals surface area contributed by atoms with Crippen LogP contribution in [0.25, 0.3) is 0 Å². The first kappa shape index (κ1) is 12.3. The van der Waals surface area contributed by atoms with Crippen molar-refractivity contribution in [2.24, 2.45) is 5.73 Å². The van der Waals surface area contributed by atoms with Crippen molar-refractivity contribution in [3.8, 4) is 0 Å². The molecule has 1 fully saturated rings. The first-order valence-electron chi connectivity index (χ1n) is 6.27. The molecule has 1 aromatic carbocycles. The van der Waals surface area contributed by atoms with Crippen LogP contribution in [0.2, 0.25) is 0 Å². The minimum absolute atomic E-state index is 0.101. The lowest BCUT2D eigenvalue weighted by molar-refractivity contribution is 0.0800. The number of nitrogens with two attached hydrogens (primary N) is 1. The van der Waals surface area contributed by atoms with E-state index >= 15 is 0 Å². The lowest BCUT2D eigenvalue weighted by Crippen LogP contribution is -2.53. The second-order valence-electron chi connectivity index (χ2n) is 6.17. The zero-order valence-electron chi connectivity index (χ0n) is 10.9. The average Bonchev–Trinajstić information content (AvgIpc) is 2.24. The van der Waals surface area contributed by atoms with Gasteiger partial charge in [-0.2, -0.15) is 0 Å². The van der Waals surface area contributed by atoms with Crippen molar-refractivity contribution in [2.75, 3.05) is 0 Å². The summed E-state index contributed by atoms with van der Waals surface area (Å²) >= 11 is 0. The standard InChI is InChI=1S/C15H21NO/c1-14(2,3)12-7-5-11(6-8-12)13(17)15(16)9-4-10-15/h5-8H,4,9-10,16H2,1-3H3. The molecule has 0 aliphatic heterocycles. The second kappa shape index (κ2) is 3.95.